The molecule has 0 aliphatic rings. The van der Waals surface area contributed by atoms with Crippen molar-refractivity contribution in [2.24, 2.45) is 0 Å². The summed E-state index contributed by atoms with van der Waals surface area (Å²) < 4.78 is 0. The summed E-state index contributed by atoms with van der Waals surface area (Å²) in [4.78, 5) is 0. The van der Waals surface area contributed by atoms with Gasteiger partial charge in [-0.1, -0.05) is 0 Å². The van der Waals surface area contributed by atoms with Gasteiger partial charge in [0.25, 0.3) is 0 Å². The van der Waals surface area contributed by atoms with Gasteiger partial charge in [-0.15, -0.1) is 0 Å². The topological polar surface area (TPSA) is 82.1 Å². The predicted octanol–water partition coefficient (Wildman–Crippen LogP) is 1.32. The highest BCUT2D eigenvalue weighted by atomic mass is 16.2. The number of nitrogen functional groups attached to an aromatic ring is 1. The van der Waals surface area contributed by atoms with E-state index < -0.39 is 0 Å². The Morgan fingerprint density at radius 2 is 2.20 bits per heavy atom. The maximum Gasteiger partial charge on any atom is 0.101 e. The summed E-state index contributed by atoms with van der Waals surface area (Å²) in [5.74, 6) is 0. The van der Waals surface area contributed by atoms with Crippen LogP contribution in [-0.4, -0.2) is 18.3 Å². The number of nitrogens with one attached hydrogen (secondary N) is 1. The molecule has 0 saturated heterocycles. The zero-order chi connectivity index (χ0) is 11.1. The molecule has 80 valence electrons. The third-order valence-corrected chi connectivity index (χ3v) is 2.06. The quantitative estimate of drug-likeness (QED) is 0.500. The molecule has 0 fully saturated rings. The van der Waals surface area contributed by atoms with Crippen molar-refractivity contribution in [1.82, 2.24) is 0 Å². The lowest BCUT2D eigenvalue weighted by atomic mass is 10.1. The molecule has 4 N–H and O–H groups in total. The molecular formula is C11H15N3O. The molecule has 1 aromatic rings. The minimum Gasteiger partial charge on any atom is -0.399 e. The van der Waals surface area contributed by atoms with Crippen molar-refractivity contribution in [3.63, 3.8) is 0 Å². The van der Waals surface area contributed by atoms with Gasteiger partial charge in [-0.3, -0.25) is 0 Å². The molecule has 0 aliphatic carbocycles. The van der Waals surface area contributed by atoms with Crippen molar-refractivity contribution < 1.29 is 5.11 Å². The van der Waals surface area contributed by atoms with E-state index in [1.807, 2.05) is 0 Å². The maximum atomic E-state index is 8.86. The summed E-state index contributed by atoms with van der Waals surface area (Å²) in [5.41, 5.74) is 7.51. The molecule has 0 aliphatic heterocycles. The van der Waals surface area contributed by atoms with Gasteiger partial charge in [-0.05, 0) is 31.0 Å². The van der Waals surface area contributed by atoms with E-state index in [-0.39, 0.29) is 6.61 Å². The van der Waals surface area contributed by atoms with Gasteiger partial charge in [0, 0.05) is 18.8 Å². The van der Waals surface area contributed by atoms with E-state index in [0.717, 1.165) is 25.1 Å². The van der Waals surface area contributed by atoms with Crippen LogP contribution in [0.25, 0.3) is 0 Å². The lowest BCUT2D eigenvalue weighted by Gasteiger charge is -2.07. The summed E-state index contributed by atoms with van der Waals surface area (Å²) in [6.07, 6.45) is 1.65. The number of aliphatic hydroxyl groups is 1. The first-order valence-corrected chi connectivity index (χ1v) is 4.92. The Balaban J connectivity index is 2.57. The van der Waals surface area contributed by atoms with Gasteiger partial charge in [0.15, 0.2) is 0 Å². The molecular weight excluding hydrogens is 190 g/mol. The average Bonchev–Trinajstić information content (AvgIpc) is 2.26. The monoisotopic (exact) mass is 205 g/mol. The molecule has 0 heterocycles. The van der Waals surface area contributed by atoms with Gasteiger partial charge in [-0.2, -0.15) is 5.26 Å². The second kappa shape index (κ2) is 5.89. The highest BCUT2D eigenvalue weighted by Gasteiger charge is 2.00. The fourth-order valence-electron chi connectivity index (χ4n) is 1.27. The van der Waals surface area contributed by atoms with Crippen LogP contribution in [-0.2, 0) is 0 Å². The molecule has 15 heavy (non-hydrogen) atoms. The van der Waals surface area contributed by atoms with Crippen molar-refractivity contribution in [1.29, 1.82) is 5.26 Å². The molecule has 4 nitrogen and oxygen atoms in total. The van der Waals surface area contributed by atoms with Gasteiger partial charge < -0.3 is 16.2 Å². The SMILES string of the molecule is N#Cc1cc(N)ccc1NCCCCO. The highest BCUT2D eigenvalue weighted by Crippen LogP contribution is 2.17. The highest BCUT2D eigenvalue weighted by molar-refractivity contribution is 5.62. The van der Waals surface area contributed by atoms with E-state index in [9.17, 15) is 0 Å². The van der Waals surface area contributed by atoms with Crippen LogP contribution >= 0.6 is 0 Å². The first kappa shape index (κ1) is 11.3. The van der Waals surface area contributed by atoms with Gasteiger partial charge >= 0.3 is 0 Å². The normalized spacial score (nSPS) is 9.60. The number of aliphatic hydroxyl groups excluding tert-OH is 1. The summed E-state index contributed by atoms with van der Waals surface area (Å²) in [6, 6.07) is 7.29. The maximum absolute atomic E-state index is 8.86. The standard InChI is InChI=1S/C11H15N3O/c12-8-9-7-10(13)3-4-11(9)14-5-1-2-6-15/h3-4,7,14-15H,1-2,5-6,13H2. The second-order valence-corrected chi connectivity index (χ2v) is 3.27. The number of nitrogens with two attached hydrogens (primary N) is 1. The smallest absolute Gasteiger partial charge is 0.101 e. The Labute approximate surface area is 89.3 Å². The number of hydrogen-bond acceptors (Lipinski definition) is 4. The fraction of sp³-hybridized carbons (Fsp3) is 0.364. The summed E-state index contributed by atoms with van der Waals surface area (Å²) in [5, 5.41) is 20.6. The minimum absolute atomic E-state index is 0.203. The van der Waals surface area contributed by atoms with Crippen LogP contribution in [0.3, 0.4) is 0 Å². The Hall–Kier alpha value is -1.73. The van der Waals surface area contributed by atoms with E-state index >= 15 is 0 Å². The van der Waals surface area contributed by atoms with Crippen molar-refractivity contribution >= 4 is 11.4 Å². The first-order valence-electron chi connectivity index (χ1n) is 4.92. The Morgan fingerprint density at radius 3 is 2.87 bits per heavy atom. The van der Waals surface area contributed by atoms with Crippen molar-refractivity contribution in [2.45, 2.75) is 12.8 Å². The van der Waals surface area contributed by atoms with Gasteiger partial charge in [0.2, 0.25) is 0 Å². The summed E-state index contributed by atoms with van der Waals surface area (Å²) >= 11 is 0. The lowest BCUT2D eigenvalue weighted by Crippen LogP contribution is -2.04. The Kier molecular flexibility index (Phi) is 4.45. The van der Waals surface area contributed by atoms with Crippen LogP contribution in [0, 0.1) is 11.3 Å². The molecule has 0 amide bonds. The number of rotatable bonds is 5. The molecule has 1 rings (SSSR count). The van der Waals surface area contributed by atoms with E-state index in [2.05, 4.69) is 11.4 Å². The zero-order valence-electron chi connectivity index (χ0n) is 8.53. The molecule has 0 unspecified atom stereocenters. The summed E-state index contributed by atoms with van der Waals surface area (Å²) in [7, 11) is 0. The number of hydrogen-bond donors (Lipinski definition) is 3. The lowest BCUT2D eigenvalue weighted by molar-refractivity contribution is 0.286. The molecule has 0 spiro atoms. The van der Waals surface area contributed by atoms with Crippen LogP contribution in [0.5, 0.6) is 0 Å². The predicted molar refractivity (Wildman–Crippen MR) is 60.4 cm³/mol. The third-order valence-electron chi connectivity index (χ3n) is 2.06. The minimum atomic E-state index is 0.203. The average molecular weight is 205 g/mol. The fourth-order valence-corrected chi connectivity index (χ4v) is 1.27. The molecule has 1 aromatic carbocycles. The van der Waals surface area contributed by atoms with Crippen LogP contribution in [0.2, 0.25) is 0 Å². The Bertz CT molecular complexity index is 357. The molecule has 4 heteroatoms. The van der Waals surface area contributed by atoms with Crippen LogP contribution < -0.4 is 11.1 Å². The largest absolute Gasteiger partial charge is 0.399 e. The van der Waals surface area contributed by atoms with E-state index in [0.29, 0.717) is 11.3 Å². The van der Waals surface area contributed by atoms with Crippen molar-refractivity contribution in [3.05, 3.63) is 23.8 Å². The Morgan fingerprint density at radius 1 is 1.40 bits per heavy atom. The second-order valence-electron chi connectivity index (χ2n) is 3.27. The van der Waals surface area contributed by atoms with Crippen molar-refractivity contribution in [3.8, 4) is 6.07 Å². The molecule has 0 saturated carbocycles. The molecule has 0 radical (unpaired) electrons. The van der Waals surface area contributed by atoms with Crippen LogP contribution in [0.15, 0.2) is 18.2 Å². The molecule has 0 bridgehead atoms. The van der Waals surface area contributed by atoms with Crippen LogP contribution in [0.1, 0.15) is 18.4 Å². The zero-order valence-corrected chi connectivity index (χ0v) is 8.53. The first-order chi connectivity index (χ1) is 7.27. The van der Waals surface area contributed by atoms with Crippen molar-refractivity contribution in [2.75, 3.05) is 24.2 Å². The van der Waals surface area contributed by atoms with Gasteiger partial charge in [0.1, 0.15) is 6.07 Å². The molecule has 0 atom stereocenters. The third kappa shape index (κ3) is 3.49. The number of anilines is 2. The summed E-state index contributed by atoms with van der Waals surface area (Å²) in [6.45, 7) is 0.952. The van der Waals surface area contributed by atoms with E-state index in [1.165, 1.54) is 0 Å². The van der Waals surface area contributed by atoms with E-state index in [4.69, 9.17) is 16.1 Å². The van der Waals surface area contributed by atoms with Gasteiger partial charge in [-0.25, -0.2) is 0 Å². The number of nitriles is 1. The van der Waals surface area contributed by atoms with E-state index in [1.54, 1.807) is 18.2 Å². The number of nitrogens with zero attached hydrogens (tertiary/aromatic N) is 1. The van der Waals surface area contributed by atoms with Crippen LogP contribution in [0.4, 0.5) is 11.4 Å². The number of benzene rings is 1. The van der Waals surface area contributed by atoms with Gasteiger partial charge in [0.05, 0.1) is 11.3 Å². The number of unbranched alkanes of at least 4 members (excludes halogenated alkanes) is 1. The molecule has 0 aromatic heterocycles.